The summed E-state index contributed by atoms with van der Waals surface area (Å²) >= 11 is 3.39. The van der Waals surface area contributed by atoms with Gasteiger partial charge in [0.05, 0.1) is 39.4 Å². The fraction of sp³-hybridized carbons (Fsp3) is 0.500. The Morgan fingerprint density at radius 3 is 2.42 bits per heavy atom. The number of carbonyl (C=O) groups is 1. The quantitative estimate of drug-likeness (QED) is 0.463. The maximum absolute atomic E-state index is 12.5. The lowest BCUT2D eigenvalue weighted by Crippen LogP contribution is -2.30. The van der Waals surface area contributed by atoms with Gasteiger partial charge in [-0.25, -0.2) is 0 Å². The molecular formula is C22H30N2O5S2. The Balaban J connectivity index is 1.62. The second-order valence-electron chi connectivity index (χ2n) is 7.37. The van der Waals surface area contributed by atoms with Gasteiger partial charge in [0.1, 0.15) is 16.9 Å². The van der Waals surface area contributed by atoms with Gasteiger partial charge >= 0.3 is 0 Å². The topological polar surface area (TPSA) is 64.4 Å². The van der Waals surface area contributed by atoms with Gasteiger partial charge in [0.15, 0.2) is 11.5 Å². The fourth-order valence-corrected chi connectivity index (χ4v) is 5.47. The summed E-state index contributed by atoms with van der Waals surface area (Å²) in [4.78, 5) is 16.6. The minimum Gasteiger partial charge on any atom is -0.493 e. The van der Waals surface area contributed by atoms with Crippen molar-refractivity contribution in [2.45, 2.75) is 17.7 Å². The number of nitrogens with zero attached hydrogens (tertiary/aromatic N) is 2. The van der Waals surface area contributed by atoms with E-state index in [-0.39, 0.29) is 11.3 Å². The molecule has 0 aliphatic carbocycles. The van der Waals surface area contributed by atoms with Crippen LogP contribution in [0.15, 0.2) is 28.7 Å². The van der Waals surface area contributed by atoms with Gasteiger partial charge in [-0.3, -0.25) is 4.79 Å². The summed E-state index contributed by atoms with van der Waals surface area (Å²) in [7, 11) is 8.82. The van der Waals surface area contributed by atoms with E-state index in [9.17, 15) is 4.79 Å². The molecule has 0 radical (unpaired) electrons. The van der Waals surface area contributed by atoms with Crippen molar-refractivity contribution in [3.05, 3.63) is 41.3 Å². The third-order valence-electron chi connectivity index (χ3n) is 4.85. The first kappa shape index (κ1) is 23.7. The van der Waals surface area contributed by atoms with E-state index in [1.165, 1.54) is 0 Å². The summed E-state index contributed by atoms with van der Waals surface area (Å²) in [6.45, 7) is 1.46. The SMILES string of the molecule is COc1cc(C2SCC(=O)N2CCSCc2ccc(CN(C)C)o2)cc(OC)c1OC. The zero-order valence-electron chi connectivity index (χ0n) is 18.7. The molecule has 1 unspecified atom stereocenters. The molecule has 1 aliphatic rings. The first-order valence-corrected chi connectivity index (χ1v) is 12.2. The molecule has 1 aromatic carbocycles. The van der Waals surface area contributed by atoms with Crippen molar-refractivity contribution < 1.29 is 23.4 Å². The normalized spacial score (nSPS) is 16.3. The minimum absolute atomic E-state index is 0.0721. The predicted octanol–water partition coefficient (Wildman–Crippen LogP) is 3.87. The molecule has 2 heterocycles. The molecule has 0 bridgehead atoms. The number of benzene rings is 1. The van der Waals surface area contributed by atoms with E-state index in [1.807, 2.05) is 43.3 Å². The molecule has 1 aliphatic heterocycles. The van der Waals surface area contributed by atoms with Gasteiger partial charge in [0.2, 0.25) is 11.7 Å². The number of thioether (sulfide) groups is 2. The van der Waals surface area contributed by atoms with Gasteiger partial charge < -0.3 is 28.4 Å². The standard InChI is InChI=1S/C22H30N2O5S2/c1-23(2)12-16-6-7-17(29-16)13-30-9-8-24-20(25)14-31-22(24)15-10-18(26-3)21(28-5)19(11-15)27-4/h6-7,10-11,22H,8-9,12-14H2,1-5H3. The van der Waals surface area contributed by atoms with Crippen molar-refractivity contribution in [2.75, 3.05) is 53.5 Å². The van der Waals surface area contributed by atoms with Crippen LogP contribution in [0.2, 0.25) is 0 Å². The lowest BCUT2D eigenvalue weighted by Gasteiger charge is -2.25. The summed E-state index contributed by atoms with van der Waals surface area (Å²) in [5.74, 6) is 5.91. The molecule has 170 valence electrons. The number of hydrogen-bond donors (Lipinski definition) is 0. The van der Waals surface area contributed by atoms with Gasteiger partial charge in [-0.2, -0.15) is 11.8 Å². The monoisotopic (exact) mass is 466 g/mol. The smallest absolute Gasteiger partial charge is 0.233 e. The molecule has 0 N–H and O–H groups in total. The molecule has 3 rings (SSSR count). The van der Waals surface area contributed by atoms with Crippen LogP contribution in [-0.2, 0) is 17.1 Å². The highest BCUT2D eigenvalue weighted by Gasteiger charge is 2.33. The molecule has 9 heteroatoms. The van der Waals surface area contributed by atoms with Crippen LogP contribution in [0.1, 0.15) is 22.5 Å². The van der Waals surface area contributed by atoms with E-state index in [0.717, 1.165) is 35.1 Å². The van der Waals surface area contributed by atoms with Crippen LogP contribution in [0.3, 0.4) is 0 Å². The maximum Gasteiger partial charge on any atom is 0.233 e. The van der Waals surface area contributed by atoms with Crippen LogP contribution >= 0.6 is 23.5 Å². The number of amides is 1. The van der Waals surface area contributed by atoms with E-state index in [2.05, 4.69) is 4.90 Å². The van der Waals surface area contributed by atoms with E-state index < -0.39 is 0 Å². The lowest BCUT2D eigenvalue weighted by molar-refractivity contribution is -0.127. The first-order chi connectivity index (χ1) is 15.0. The fourth-order valence-electron chi connectivity index (χ4n) is 3.45. The van der Waals surface area contributed by atoms with Crippen LogP contribution in [0.4, 0.5) is 0 Å². The van der Waals surface area contributed by atoms with Crippen LogP contribution in [0.5, 0.6) is 17.2 Å². The van der Waals surface area contributed by atoms with E-state index in [4.69, 9.17) is 18.6 Å². The Morgan fingerprint density at radius 1 is 1.13 bits per heavy atom. The molecule has 1 fully saturated rings. The molecule has 0 spiro atoms. The van der Waals surface area contributed by atoms with Crippen LogP contribution in [0.25, 0.3) is 0 Å². The van der Waals surface area contributed by atoms with Crippen LogP contribution in [-0.4, -0.2) is 69.2 Å². The van der Waals surface area contributed by atoms with E-state index >= 15 is 0 Å². The Bertz CT molecular complexity index is 862. The van der Waals surface area contributed by atoms with Crippen LogP contribution in [0, 0.1) is 0 Å². The summed E-state index contributed by atoms with van der Waals surface area (Å²) in [5.41, 5.74) is 0.967. The average molecular weight is 467 g/mol. The van der Waals surface area contributed by atoms with Crippen LogP contribution < -0.4 is 14.2 Å². The second-order valence-corrected chi connectivity index (χ2v) is 9.54. The molecule has 7 nitrogen and oxygen atoms in total. The molecule has 1 aromatic heterocycles. The van der Waals surface area contributed by atoms with Crippen molar-refractivity contribution in [2.24, 2.45) is 0 Å². The van der Waals surface area contributed by atoms with Gasteiger partial charge in [0.25, 0.3) is 0 Å². The molecule has 0 saturated carbocycles. The highest BCUT2D eigenvalue weighted by atomic mass is 32.2. The number of rotatable bonds is 11. The summed E-state index contributed by atoms with van der Waals surface area (Å²) in [5, 5.41) is -0.0721. The highest BCUT2D eigenvalue weighted by molar-refractivity contribution is 8.00. The lowest BCUT2D eigenvalue weighted by atomic mass is 10.1. The largest absolute Gasteiger partial charge is 0.493 e. The number of furan rings is 1. The highest BCUT2D eigenvalue weighted by Crippen LogP contribution is 2.45. The summed E-state index contributed by atoms with van der Waals surface area (Å²) in [6.07, 6.45) is 0. The van der Waals surface area contributed by atoms with Gasteiger partial charge in [0, 0.05) is 12.3 Å². The molecule has 1 saturated heterocycles. The van der Waals surface area contributed by atoms with Gasteiger partial charge in [-0.1, -0.05) is 0 Å². The Kier molecular flexibility index (Phi) is 8.45. The third-order valence-corrected chi connectivity index (χ3v) is 7.07. The number of carbonyl (C=O) groups excluding carboxylic acids is 1. The Labute approximate surface area is 192 Å². The van der Waals surface area contributed by atoms with Crippen molar-refractivity contribution in [3.63, 3.8) is 0 Å². The maximum atomic E-state index is 12.5. The van der Waals surface area contributed by atoms with Crippen molar-refractivity contribution >= 4 is 29.4 Å². The summed E-state index contributed by atoms with van der Waals surface area (Å²) < 4.78 is 22.2. The second kappa shape index (κ2) is 11.1. The van der Waals surface area contributed by atoms with Gasteiger partial charge in [-0.15, -0.1) is 11.8 Å². The van der Waals surface area contributed by atoms with E-state index in [1.54, 1.807) is 44.9 Å². The Hall–Kier alpha value is -1.97. The number of methoxy groups -OCH3 is 3. The molecule has 2 aromatic rings. The Morgan fingerprint density at radius 2 is 1.81 bits per heavy atom. The van der Waals surface area contributed by atoms with Crippen molar-refractivity contribution in [1.29, 1.82) is 0 Å². The average Bonchev–Trinajstić information content (AvgIpc) is 3.35. The number of hydrogen-bond acceptors (Lipinski definition) is 8. The third kappa shape index (κ3) is 5.84. The number of ether oxygens (including phenoxy) is 3. The minimum atomic E-state index is -0.0721. The van der Waals surface area contributed by atoms with Crippen molar-refractivity contribution in [1.82, 2.24) is 9.80 Å². The summed E-state index contributed by atoms with van der Waals surface area (Å²) in [6, 6.07) is 7.90. The van der Waals surface area contributed by atoms with Crippen molar-refractivity contribution in [3.8, 4) is 17.2 Å². The predicted molar refractivity (Wildman–Crippen MR) is 125 cm³/mol. The zero-order chi connectivity index (χ0) is 22.4. The molecular weight excluding hydrogens is 436 g/mol. The molecule has 1 atom stereocenters. The zero-order valence-corrected chi connectivity index (χ0v) is 20.3. The molecule has 31 heavy (non-hydrogen) atoms. The molecule has 1 amide bonds. The van der Waals surface area contributed by atoms with E-state index in [0.29, 0.717) is 29.5 Å². The first-order valence-electron chi connectivity index (χ1n) is 9.97. The van der Waals surface area contributed by atoms with Gasteiger partial charge in [-0.05, 0) is 43.9 Å².